The topological polar surface area (TPSA) is 41.9 Å². The van der Waals surface area contributed by atoms with E-state index in [0.29, 0.717) is 12.5 Å². The van der Waals surface area contributed by atoms with E-state index in [4.69, 9.17) is 9.47 Å². The van der Waals surface area contributed by atoms with Gasteiger partial charge in [0.05, 0.1) is 20.3 Å². The van der Waals surface area contributed by atoms with Crippen molar-refractivity contribution in [3.63, 3.8) is 0 Å². The summed E-state index contributed by atoms with van der Waals surface area (Å²) in [7, 11) is 3.32. The Morgan fingerprint density at radius 1 is 1.09 bits per heavy atom. The van der Waals surface area contributed by atoms with Gasteiger partial charge in [-0.15, -0.1) is 0 Å². The Morgan fingerprint density at radius 3 is 2.30 bits per heavy atom. The third-order valence-electron chi connectivity index (χ3n) is 4.12. The highest BCUT2D eigenvalue weighted by Crippen LogP contribution is 2.31. The van der Waals surface area contributed by atoms with Crippen LogP contribution in [0.3, 0.4) is 0 Å². The summed E-state index contributed by atoms with van der Waals surface area (Å²) >= 11 is 0. The Morgan fingerprint density at radius 2 is 1.78 bits per heavy atom. The number of methoxy groups -OCH3 is 2. The molecule has 0 heterocycles. The third-order valence-corrected chi connectivity index (χ3v) is 4.12. The van der Waals surface area contributed by atoms with E-state index in [1.165, 1.54) is 0 Å². The van der Waals surface area contributed by atoms with Crippen molar-refractivity contribution < 1.29 is 14.6 Å². The van der Waals surface area contributed by atoms with Crippen LogP contribution in [0.4, 0.5) is 0 Å². The number of para-hydroxylation sites is 1. The summed E-state index contributed by atoms with van der Waals surface area (Å²) in [4.78, 5) is 2.31. The molecule has 0 amide bonds. The van der Waals surface area contributed by atoms with Gasteiger partial charge >= 0.3 is 0 Å². The first-order valence-corrected chi connectivity index (χ1v) is 8.49. The maximum atomic E-state index is 10.3. The molecular formula is C19H33NO3. The summed E-state index contributed by atoms with van der Waals surface area (Å²) in [5.74, 6) is 2.42. The van der Waals surface area contributed by atoms with Crippen molar-refractivity contribution in [3.05, 3.63) is 23.8 Å². The van der Waals surface area contributed by atoms with E-state index in [1.54, 1.807) is 14.2 Å². The van der Waals surface area contributed by atoms with E-state index in [2.05, 4.69) is 38.7 Å². The average Bonchev–Trinajstić information content (AvgIpc) is 2.51. The molecule has 1 aromatic carbocycles. The van der Waals surface area contributed by atoms with Crippen LogP contribution in [0.1, 0.15) is 39.7 Å². The first-order valence-electron chi connectivity index (χ1n) is 8.49. The normalized spacial score (nSPS) is 13.0. The monoisotopic (exact) mass is 323 g/mol. The van der Waals surface area contributed by atoms with E-state index < -0.39 is 0 Å². The van der Waals surface area contributed by atoms with Crippen LogP contribution in [0, 0.1) is 11.8 Å². The van der Waals surface area contributed by atoms with Crippen LogP contribution in [-0.4, -0.2) is 43.4 Å². The number of hydrogen-bond donors (Lipinski definition) is 1. The number of nitrogens with zero attached hydrogens (tertiary/aromatic N) is 1. The molecule has 23 heavy (non-hydrogen) atoms. The molecule has 1 rings (SSSR count). The first-order chi connectivity index (χ1) is 10.9. The zero-order valence-corrected chi connectivity index (χ0v) is 15.5. The first kappa shape index (κ1) is 19.8. The minimum absolute atomic E-state index is 0.253. The summed E-state index contributed by atoms with van der Waals surface area (Å²) < 4.78 is 10.9. The van der Waals surface area contributed by atoms with E-state index in [9.17, 15) is 5.11 Å². The Bertz CT molecular complexity index is 460. The molecule has 0 bridgehead atoms. The molecule has 0 fully saturated rings. The molecule has 0 aliphatic heterocycles. The molecule has 0 saturated carbocycles. The highest BCUT2D eigenvalue weighted by Gasteiger charge is 2.18. The quantitative estimate of drug-likeness (QED) is 0.715. The predicted molar refractivity (Wildman–Crippen MR) is 95.1 cm³/mol. The van der Waals surface area contributed by atoms with Crippen LogP contribution in [-0.2, 0) is 6.54 Å². The van der Waals surface area contributed by atoms with Gasteiger partial charge < -0.3 is 14.6 Å². The molecule has 0 spiro atoms. The van der Waals surface area contributed by atoms with Crippen LogP contribution >= 0.6 is 0 Å². The second-order valence-corrected chi connectivity index (χ2v) is 6.88. The van der Waals surface area contributed by atoms with Gasteiger partial charge in [0.15, 0.2) is 11.5 Å². The van der Waals surface area contributed by atoms with E-state index in [-0.39, 0.29) is 12.0 Å². The molecule has 4 heteroatoms. The lowest BCUT2D eigenvalue weighted by Gasteiger charge is -2.28. The smallest absolute Gasteiger partial charge is 0.165 e. The van der Waals surface area contributed by atoms with Crippen molar-refractivity contribution >= 4 is 0 Å². The van der Waals surface area contributed by atoms with Gasteiger partial charge in [-0.1, -0.05) is 39.8 Å². The van der Waals surface area contributed by atoms with E-state index >= 15 is 0 Å². The molecule has 0 aliphatic carbocycles. The summed E-state index contributed by atoms with van der Waals surface area (Å²) in [6.45, 7) is 10.9. The maximum Gasteiger partial charge on any atom is 0.165 e. The fourth-order valence-electron chi connectivity index (χ4n) is 2.47. The van der Waals surface area contributed by atoms with Gasteiger partial charge in [0, 0.05) is 18.7 Å². The number of aliphatic hydroxyl groups is 1. The molecule has 132 valence electrons. The second kappa shape index (κ2) is 9.78. The summed E-state index contributed by atoms with van der Waals surface area (Å²) in [6.07, 6.45) is 0.788. The highest BCUT2D eigenvalue weighted by atomic mass is 16.5. The number of rotatable bonds is 10. The van der Waals surface area contributed by atoms with Crippen molar-refractivity contribution in [1.82, 2.24) is 4.90 Å². The van der Waals surface area contributed by atoms with Crippen molar-refractivity contribution in [3.8, 4) is 11.5 Å². The van der Waals surface area contributed by atoms with Gasteiger partial charge in [-0.3, -0.25) is 4.90 Å². The van der Waals surface area contributed by atoms with Gasteiger partial charge in [0.1, 0.15) is 0 Å². The van der Waals surface area contributed by atoms with Crippen LogP contribution in [0.2, 0.25) is 0 Å². The van der Waals surface area contributed by atoms with Gasteiger partial charge in [0.2, 0.25) is 0 Å². The van der Waals surface area contributed by atoms with Gasteiger partial charge in [-0.2, -0.15) is 0 Å². The molecule has 1 aromatic rings. The van der Waals surface area contributed by atoms with Gasteiger partial charge in [0.25, 0.3) is 0 Å². The fraction of sp³-hybridized carbons (Fsp3) is 0.684. The molecule has 0 radical (unpaired) electrons. The van der Waals surface area contributed by atoms with Crippen LogP contribution < -0.4 is 9.47 Å². The molecule has 0 aliphatic rings. The Balaban J connectivity index is 2.90. The molecule has 1 unspecified atom stereocenters. The fourth-order valence-corrected chi connectivity index (χ4v) is 2.47. The average molecular weight is 323 g/mol. The summed E-state index contributed by atoms with van der Waals surface area (Å²) in [6, 6.07) is 5.95. The number of ether oxygens (including phenoxy) is 2. The minimum atomic E-state index is -0.321. The standard InChI is InChI=1S/C19H33NO3/c1-14(2)10-11-20(13-17(21)15(3)4)12-16-8-7-9-18(22-5)19(16)23-6/h7-9,14-15,17,21H,10-13H2,1-6H3. The highest BCUT2D eigenvalue weighted by molar-refractivity contribution is 5.46. The third kappa shape index (κ3) is 6.40. The van der Waals surface area contributed by atoms with Crippen molar-refractivity contribution in [2.45, 2.75) is 46.8 Å². The van der Waals surface area contributed by atoms with E-state index in [0.717, 1.165) is 36.6 Å². The summed E-state index contributed by atoms with van der Waals surface area (Å²) in [5.41, 5.74) is 1.09. The molecule has 0 saturated heterocycles. The Labute approximate surface area is 141 Å². The summed E-state index contributed by atoms with van der Waals surface area (Å²) in [5, 5.41) is 10.3. The predicted octanol–water partition coefficient (Wildman–Crippen LogP) is 3.57. The van der Waals surface area contributed by atoms with Crippen molar-refractivity contribution in [2.24, 2.45) is 11.8 Å². The lowest BCUT2D eigenvalue weighted by molar-refractivity contribution is 0.0708. The van der Waals surface area contributed by atoms with Crippen LogP contribution in [0.5, 0.6) is 11.5 Å². The Kier molecular flexibility index (Phi) is 8.42. The number of hydrogen-bond acceptors (Lipinski definition) is 4. The maximum absolute atomic E-state index is 10.3. The van der Waals surface area contributed by atoms with Gasteiger partial charge in [-0.25, -0.2) is 0 Å². The van der Waals surface area contributed by atoms with Gasteiger partial charge in [-0.05, 0) is 30.9 Å². The molecular weight excluding hydrogens is 290 g/mol. The second-order valence-electron chi connectivity index (χ2n) is 6.88. The minimum Gasteiger partial charge on any atom is -0.493 e. The SMILES string of the molecule is COc1cccc(CN(CCC(C)C)CC(O)C(C)C)c1OC. The Hall–Kier alpha value is -1.26. The number of benzene rings is 1. The van der Waals surface area contributed by atoms with Crippen LogP contribution in [0.15, 0.2) is 18.2 Å². The molecule has 1 N–H and O–H groups in total. The lowest BCUT2D eigenvalue weighted by atomic mass is 10.0. The zero-order chi connectivity index (χ0) is 17.4. The lowest BCUT2D eigenvalue weighted by Crippen LogP contribution is -2.36. The molecule has 1 atom stereocenters. The molecule has 0 aromatic heterocycles. The molecule has 4 nitrogen and oxygen atoms in total. The largest absolute Gasteiger partial charge is 0.493 e. The zero-order valence-electron chi connectivity index (χ0n) is 15.5. The van der Waals surface area contributed by atoms with Crippen molar-refractivity contribution in [2.75, 3.05) is 27.3 Å². The van der Waals surface area contributed by atoms with Crippen molar-refractivity contribution in [1.29, 1.82) is 0 Å². The van der Waals surface area contributed by atoms with E-state index in [1.807, 2.05) is 12.1 Å². The van der Waals surface area contributed by atoms with Crippen LogP contribution in [0.25, 0.3) is 0 Å². The number of aliphatic hydroxyl groups excluding tert-OH is 1.